The fourth-order valence-corrected chi connectivity index (χ4v) is 3.11. The number of esters is 1. The Balaban J connectivity index is 1.56. The van der Waals surface area contributed by atoms with Gasteiger partial charge in [-0.2, -0.15) is 9.78 Å². The van der Waals surface area contributed by atoms with Crippen LogP contribution >= 0.6 is 0 Å². The summed E-state index contributed by atoms with van der Waals surface area (Å²) in [4.78, 5) is 20.2. The molecule has 6 heteroatoms. The summed E-state index contributed by atoms with van der Waals surface area (Å²) in [5.74, 6) is 0.638. The smallest absolute Gasteiger partial charge is 0.312 e. The molecule has 4 rings (SSSR count). The van der Waals surface area contributed by atoms with Crippen LogP contribution in [0, 0.1) is 0 Å². The molecule has 0 aliphatic heterocycles. The summed E-state index contributed by atoms with van der Waals surface area (Å²) in [5, 5.41) is 4.58. The van der Waals surface area contributed by atoms with E-state index >= 15 is 0 Å². The number of rotatable bonds is 7. The molecule has 142 valence electrons. The Hall–Kier alpha value is -3.41. The molecule has 2 heterocycles. The number of nitrogens with zero attached hydrogens (tertiary/aromatic N) is 3. The highest BCUT2D eigenvalue weighted by Gasteiger charge is 2.17. The van der Waals surface area contributed by atoms with Gasteiger partial charge in [0.05, 0.1) is 23.1 Å². The molecule has 1 N–H and O–H groups in total. The molecule has 2 aromatic heterocycles. The second-order valence-electron chi connectivity index (χ2n) is 6.67. The van der Waals surface area contributed by atoms with Gasteiger partial charge in [-0.15, -0.1) is 0 Å². The minimum absolute atomic E-state index is 0.288. The topological polar surface area (TPSA) is 72.8 Å². The molecule has 6 nitrogen and oxygen atoms in total. The molecule has 0 spiro atoms. The van der Waals surface area contributed by atoms with E-state index in [2.05, 4.69) is 22.0 Å². The maximum Gasteiger partial charge on any atom is 0.312 e. The van der Waals surface area contributed by atoms with E-state index in [1.807, 2.05) is 60.7 Å². The molecular formula is C22H22N4O2. The number of aromatic amines is 1. The van der Waals surface area contributed by atoms with Gasteiger partial charge in [0.25, 0.3) is 0 Å². The summed E-state index contributed by atoms with van der Waals surface area (Å²) in [6.07, 6.45) is 2.71. The van der Waals surface area contributed by atoms with Crippen molar-refractivity contribution in [2.75, 3.05) is 0 Å². The van der Waals surface area contributed by atoms with Crippen LogP contribution in [0.2, 0.25) is 0 Å². The monoisotopic (exact) mass is 374 g/mol. The Kier molecular flexibility index (Phi) is 5.19. The standard InChI is InChI=1S/C22H22N4O2/c1-2-8-17-15-20(28-21(27)14-13-16-9-4-3-5-10-16)26(25-17)22-23-18-11-6-7-12-19(18)24-22/h3-7,9-12,15H,2,8,13-14H2,1H3,(H,23,24). The van der Waals surface area contributed by atoms with E-state index in [9.17, 15) is 4.79 Å². The fourth-order valence-electron chi connectivity index (χ4n) is 3.11. The van der Waals surface area contributed by atoms with Crippen molar-refractivity contribution in [2.24, 2.45) is 0 Å². The lowest BCUT2D eigenvalue weighted by molar-refractivity contribution is -0.134. The highest BCUT2D eigenvalue weighted by molar-refractivity contribution is 5.76. The molecule has 0 aliphatic rings. The lowest BCUT2D eigenvalue weighted by atomic mass is 10.1. The molecule has 0 amide bonds. The molecular weight excluding hydrogens is 352 g/mol. The van der Waals surface area contributed by atoms with Crippen molar-refractivity contribution in [3.63, 3.8) is 0 Å². The van der Waals surface area contributed by atoms with E-state index in [-0.39, 0.29) is 5.97 Å². The summed E-state index contributed by atoms with van der Waals surface area (Å²) >= 11 is 0. The zero-order valence-electron chi connectivity index (χ0n) is 15.8. The van der Waals surface area contributed by atoms with Crippen LogP contribution in [-0.4, -0.2) is 25.7 Å². The lowest BCUT2D eigenvalue weighted by Gasteiger charge is -2.05. The van der Waals surface area contributed by atoms with Crippen LogP contribution in [0.1, 0.15) is 31.0 Å². The van der Waals surface area contributed by atoms with Gasteiger partial charge >= 0.3 is 5.97 Å². The van der Waals surface area contributed by atoms with Gasteiger partial charge in [-0.05, 0) is 30.5 Å². The number of aryl methyl sites for hydroxylation is 2. The first-order valence-electron chi connectivity index (χ1n) is 9.51. The Morgan fingerprint density at radius 1 is 1.07 bits per heavy atom. The summed E-state index contributed by atoms with van der Waals surface area (Å²) in [5.41, 5.74) is 3.73. The number of hydrogen-bond acceptors (Lipinski definition) is 4. The number of benzene rings is 2. The maximum atomic E-state index is 12.4. The van der Waals surface area contributed by atoms with Crippen LogP contribution < -0.4 is 4.74 Å². The number of imidazole rings is 1. The van der Waals surface area contributed by atoms with Crippen LogP contribution in [0.15, 0.2) is 60.7 Å². The molecule has 4 aromatic rings. The molecule has 0 saturated carbocycles. The summed E-state index contributed by atoms with van der Waals surface area (Å²) in [7, 11) is 0. The molecule has 0 bridgehead atoms. The second-order valence-corrected chi connectivity index (χ2v) is 6.67. The zero-order chi connectivity index (χ0) is 19.3. The van der Waals surface area contributed by atoms with Gasteiger partial charge in [0.2, 0.25) is 11.8 Å². The Morgan fingerprint density at radius 2 is 1.86 bits per heavy atom. The summed E-state index contributed by atoms with van der Waals surface area (Å²) in [6.45, 7) is 2.09. The first-order valence-corrected chi connectivity index (χ1v) is 9.51. The number of carbonyl (C=O) groups is 1. The summed E-state index contributed by atoms with van der Waals surface area (Å²) in [6, 6.07) is 19.5. The first kappa shape index (κ1) is 18.0. The van der Waals surface area contributed by atoms with Crippen molar-refractivity contribution in [1.82, 2.24) is 19.7 Å². The lowest BCUT2D eigenvalue weighted by Crippen LogP contribution is -2.12. The molecule has 0 atom stereocenters. The van der Waals surface area contributed by atoms with Gasteiger partial charge in [0, 0.05) is 6.07 Å². The number of hydrogen-bond donors (Lipinski definition) is 1. The third kappa shape index (κ3) is 3.96. The SMILES string of the molecule is CCCc1cc(OC(=O)CCc2ccccc2)n(-c2nc3ccccc3[nH]2)n1. The summed E-state index contributed by atoms with van der Waals surface area (Å²) < 4.78 is 7.22. The first-order chi connectivity index (χ1) is 13.7. The molecule has 0 aliphatic carbocycles. The second kappa shape index (κ2) is 8.08. The van der Waals surface area contributed by atoms with E-state index in [4.69, 9.17) is 4.74 Å². The normalized spacial score (nSPS) is 11.0. The fraction of sp³-hybridized carbons (Fsp3) is 0.227. The van der Waals surface area contributed by atoms with Crippen molar-refractivity contribution in [1.29, 1.82) is 0 Å². The van der Waals surface area contributed by atoms with Gasteiger partial charge in [0.15, 0.2) is 0 Å². The van der Waals surface area contributed by atoms with E-state index in [0.717, 1.165) is 35.1 Å². The quantitative estimate of drug-likeness (QED) is 0.491. The number of ether oxygens (including phenoxy) is 1. The number of H-pyrrole nitrogens is 1. The van der Waals surface area contributed by atoms with Crippen molar-refractivity contribution in [2.45, 2.75) is 32.6 Å². The van der Waals surface area contributed by atoms with Crippen LogP contribution in [0.4, 0.5) is 0 Å². The molecule has 28 heavy (non-hydrogen) atoms. The van der Waals surface area contributed by atoms with E-state index in [1.165, 1.54) is 0 Å². The van der Waals surface area contributed by atoms with Crippen molar-refractivity contribution in [3.8, 4) is 11.8 Å². The van der Waals surface area contributed by atoms with Crippen LogP contribution in [-0.2, 0) is 17.6 Å². The van der Waals surface area contributed by atoms with Crippen molar-refractivity contribution in [3.05, 3.63) is 71.9 Å². The number of carbonyl (C=O) groups excluding carboxylic acids is 1. The van der Waals surface area contributed by atoms with E-state index < -0.39 is 0 Å². The molecule has 2 aromatic carbocycles. The number of aromatic nitrogens is 4. The Labute approximate surface area is 163 Å². The van der Waals surface area contributed by atoms with Gasteiger partial charge in [0.1, 0.15) is 0 Å². The van der Waals surface area contributed by atoms with Crippen LogP contribution in [0.3, 0.4) is 0 Å². The Morgan fingerprint density at radius 3 is 2.64 bits per heavy atom. The number of fused-ring (bicyclic) bond motifs is 1. The minimum Gasteiger partial charge on any atom is -0.407 e. The van der Waals surface area contributed by atoms with Crippen molar-refractivity contribution >= 4 is 17.0 Å². The average molecular weight is 374 g/mol. The van der Waals surface area contributed by atoms with Crippen LogP contribution in [0.25, 0.3) is 17.0 Å². The van der Waals surface area contributed by atoms with E-state index in [0.29, 0.717) is 24.7 Å². The predicted molar refractivity (Wildman–Crippen MR) is 108 cm³/mol. The average Bonchev–Trinajstić information content (AvgIpc) is 3.31. The third-order valence-corrected chi connectivity index (χ3v) is 4.49. The van der Waals surface area contributed by atoms with Gasteiger partial charge in [-0.25, -0.2) is 4.98 Å². The molecule has 0 radical (unpaired) electrons. The molecule has 0 saturated heterocycles. The zero-order valence-corrected chi connectivity index (χ0v) is 15.8. The van der Waals surface area contributed by atoms with Gasteiger partial charge in [-0.1, -0.05) is 55.8 Å². The largest absolute Gasteiger partial charge is 0.407 e. The molecule has 0 unspecified atom stereocenters. The van der Waals surface area contributed by atoms with Gasteiger partial charge < -0.3 is 9.72 Å². The third-order valence-electron chi connectivity index (χ3n) is 4.49. The highest BCUT2D eigenvalue weighted by atomic mass is 16.5. The maximum absolute atomic E-state index is 12.4. The minimum atomic E-state index is -0.288. The van der Waals surface area contributed by atoms with E-state index in [1.54, 1.807) is 4.68 Å². The predicted octanol–water partition coefficient (Wildman–Crippen LogP) is 4.24. The number of nitrogens with one attached hydrogen (secondary N) is 1. The molecule has 0 fully saturated rings. The van der Waals surface area contributed by atoms with Crippen LogP contribution in [0.5, 0.6) is 5.88 Å². The number of para-hydroxylation sites is 2. The Bertz CT molecular complexity index is 1050. The van der Waals surface area contributed by atoms with Crippen molar-refractivity contribution < 1.29 is 9.53 Å². The highest BCUT2D eigenvalue weighted by Crippen LogP contribution is 2.22. The van der Waals surface area contributed by atoms with Gasteiger partial charge in [-0.3, -0.25) is 4.79 Å².